The lowest BCUT2D eigenvalue weighted by atomic mass is 10.1. The number of piperidine rings is 1. The monoisotopic (exact) mass is 300 g/mol. The number of hydrogen-bond donors (Lipinski definition) is 1. The quantitative estimate of drug-likeness (QED) is 0.918. The van der Waals surface area contributed by atoms with Gasteiger partial charge in [-0.15, -0.1) is 0 Å². The summed E-state index contributed by atoms with van der Waals surface area (Å²) < 4.78 is 1.87. The molecule has 1 fully saturated rings. The minimum Gasteiger partial charge on any atom is -0.366 e. The summed E-state index contributed by atoms with van der Waals surface area (Å²) in [5.41, 5.74) is 2.36. The number of rotatable bonds is 5. The van der Waals surface area contributed by atoms with E-state index < -0.39 is 0 Å². The van der Waals surface area contributed by atoms with Crippen LogP contribution in [0.5, 0.6) is 0 Å². The number of nitrogens with zero attached hydrogens (tertiary/aromatic N) is 5. The maximum absolute atomic E-state index is 4.47. The van der Waals surface area contributed by atoms with Gasteiger partial charge in [0.1, 0.15) is 18.0 Å². The Labute approximate surface area is 131 Å². The van der Waals surface area contributed by atoms with Crippen molar-refractivity contribution in [3.8, 4) is 0 Å². The molecule has 6 nitrogen and oxygen atoms in total. The van der Waals surface area contributed by atoms with Crippen LogP contribution >= 0.6 is 0 Å². The summed E-state index contributed by atoms with van der Waals surface area (Å²) >= 11 is 0. The van der Waals surface area contributed by atoms with Gasteiger partial charge in [-0.05, 0) is 25.7 Å². The van der Waals surface area contributed by atoms with E-state index in [1.54, 1.807) is 6.33 Å². The van der Waals surface area contributed by atoms with Gasteiger partial charge in [-0.25, -0.2) is 9.97 Å². The third-order valence-electron chi connectivity index (χ3n) is 4.12. The van der Waals surface area contributed by atoms with E-state index in [2.05, 4.69) is 38.4 Å². The SMILES string of the molecule is CCc1nn(C)cc1CNc1cc(N2CCCCC2)ncn1. The topological polar surface area (TPSA) is 58.9 Å². The standard InChI is InChI=1S/C16H24N6/c1-3-14-13(11-21(2)20-14)10-17-15-9-16(19-12-18-15)22-7-5-4-6-8-22/h9,11-12H,3-8,10H2,1-2H3,(H,17,18,19). The van der Waals surface area contributed by atoms with Crippen LogP contribution in [0.4, 0.5) is 11.6 Å². The zero-order chi connectivity index (χ0) is 15.4. The predicted molar refractivity (Wildman–Crippen MR) is 88.0 cm³/mol. The molecule has 2 aromatic rings. The van der Waals surface area contributed by atoms with E-state index in [0.29, 0.717) is 0 Å². The maximum atomic E-state index is 4.47. The highest BCUT2D eigenvalue weighted by Crippen LogP contribution is 2.19. The highest BCUT2D eigenvalue weighted by atomic mass is 15.3. The molecule has 0 saturated carbocycles. The fraction of sp³-hybridized carbons (Fsp3) is 0.562. The Morgan fingerprint density at radius 2 is 2.00 bits per heavy atom. The molecule has 0 bridgehead atoms. The highest BCUT2D eigenvalue weighted by Gasteiger charge is 2.13. The van der Waals surface area contributed by atoms with Crippen molar-refractivity contribution >= 4 is 11.6 Å². The smallest absolute Gasteiger partial charge is 0.134 e. The van der Waals surface area contributed by atoms with E-state index in [4.69, 9.17) is 0 Å². The van der Waals surface area contributed by atoms with Gasteiger partial charge in [-0.2, -0.15) is 5.10 Å². The lowest BCUT2D eigenvalue weighted by Gasteiger charge is -2.27. The Morgan fingerprint density at radius 1 is 1.18 bits per heavy atom. The fourth-order valence-corrected chi connectivity index (χ4v) is 2.95. The molecular weight excluding hydrogens is 276 g/mol. The molecule has 22 heavy (non-hydrogen) atoms. The molecule has 6 heteroatoms. The number of anilines is 2. The maximum Gasteiger partial charge on any atom is 0.134 e. The van der Waals surface area contributed by atoms with Gasteiger partial charge >= 0.3 is 0 Å². The minimum absolute atomic E-state index is 0.744. The van der Waals surface area contributed by atoms with Crippen LogP contribution in [0.2, 0.25) is 0 Å². The van der Waals surface area contributed by atoms with E-state index in [-0.39, 0.29) is 0 Å². The minimum atomic E-state index is 0.744. The predicted octanol–water partition coefficient (Wildman–Crippen LogP) is 2.37. The van der Waals surface area contributed by atoms with Crippen LogP contribution < -0.4 is 10.2 Å². The Hall–Kier alpha value is -2.11. The number of hydrogen-bond acceptors (Lipinski definition) is 5. The van der Waals surface area contributed by atoms with Crippen molar-refractivity contribution in [3.63, 3.8) is 0 Å². The lowest BCUT2D eigenvalue weighted by molar-refractivity contribution is 0.573. The van der Waals surface area contributed by atoms with Crippen molar-refractivity contribution in [2.75, 3.05) is 23.3 Å². The molecule has 0 aliphatic carbocycles. The molecule has 2 aromatic heterocycles. The van der Waals surface area contributed by atoms with Gasteiger partial charge in [0.25, 0.3) is 0 Å². The van der Waals surface area contributed by atoms with Crippen LogP contribution in [0.3, 0.4) is 0 Å². The summed E-state index contributed by atoms with van der Waals surface area (Å²) in [5, 5.41) is 7.87. The summed E-state index contributed by atoms with van der Waals surface area (Å²) in [5.74, 6) is 1.90. The molecule has 118 valence electrons. The third kappa shape index (κ3) is 3.37. The Bertz CT molecular complexity index is 615. The first-order valence-electron chi connectivity index (χ1n) is 8.08. The van der Waals surface area contributed by atoms with Crippen molar-refractivity contribution < 1.29 is 0 Å². The van der Waals surface area contributed by atoms with Crippen LogP contribution in [-0.4, -0.2) is 32.8 Å². The van der Waals surface area contributed by atoms with Crippen molar-refractivity contribution in [2.45, 2.75) is 39.2 Å². The summed E-state index contributed by atoms with van der Waals surface area (Å²) in [6.07, 6.45) is 8.49. The van der Waals surface area contributed by atoms with Gasteiger partial charge in [0, 0.05) is 44.5 Å². The van der Waals surface area contributed by atoms with Gasteiger partial charge < -0.3 is 10.2 Å². The fourth-order valence-electron chi connectivity index (χ4n) is 2.95. The van der Waals surface area contributed by atoms with Gasteiger partial charge in [0.05, 0.1) is 5.69 Å². The largest absolute Gasteiger partial charge is 0.366 e. The number of aromatic nitrogens is 4. The normalized spacial score (nSPS) is 15.1. The van der Waals surface area contributed by atoms with Crippen molar-refractivity contribution in [3.05, 3.63) is 29.8 Å². The van der Waals surface area contributed by atoms with Crippen LogP contribution in [0.1, 0.15) is 37.4 Å². The first-order chi connectivity index (χ1) is 10.8. The Balaban J connectivity index is 1.67. The zero-order valence-electron chi connectivity index (χ0n) is 13.4. The molecule has 1 N–H and O–H groups in total. The second-order valence-electron chi connectivity index (χ2n) is 5.79. The van der Waals surface area contributed by atoms with E-state index in [0.717, 1.165) is 43.4 Å². The van der Waals surface area contributed by atoms with Gasteiger partial charge in [-0.3, -0.25) is 4.68 Å². The zero-order valence-corrected chi connectivity index (χ0v) is 13.4. The van der Waals surface area contributed by atoms with Gasteiger partial charge in [0.15, 0.2) is 0 Å². The van der Waals surface area contributed by atoms with Crippen LogP contribution in [0.25, 0.3) is 0 Å². The first kappa shape index (κ1) is 14.8. The average Bonchev–Trinajstić information content (AvgIpc) is 2.94. The molecule has 0 atom stereocenters. The van der Waals surface area contributed by atoms with Gasteiger partial charge in [0.2, 0.25) is 0 Å². The van der Waals surface area contributed by atoms with Crippen molar-refractivity contribution in [2.24, 2.45) is 7.05 Å². The summed E-state index contributed by atoms with van der Waals surface area (Å²) in [6.45, 7) is 5.07. The van der Waals surface area contributed by atoms with E-state index in [9.17, 15) is 0 Å². The summed E-state index contributed by atoms with van der Waals surface area (Å²) in [4.78, 5) is 11.1. The second-order valence-corrected chi connectivity index (χ2v) is 5.79. The Morgan fingerprint density at radius 3 is 2.77 bits per heavy atom. The van der Waals surface area contributed by atoms with Crippen LogP contribution in [0, 0.1) is 0 Å². The second kappa shape index (κ2) is 6.77. The first-order valence-corrected chi connectivity index (χ1v) is 8.08. The average molecular weight is 300 g/mol. The van der Waals surface area contributed by atoms with E-state index in [1.807, 2.05) is 17.8 Å². The summed E-state index contributed by atoms with van der Waals surface area (Å²) in [6, 6.07) is 2.05. The molecule has 0 radical (unpaired) electrons. The van der Waals surface area contributed by atoms with Crippen LogP contribution in [-0.2, 0) is 20.0 Å². The Kier molecular flexibility index (Phi) is 4.56. The lowest BCUT2D eigenvalue weighted by Crippen LogP contribution is -2.30. The van der Waals surface area contributed by atoms with Crippen LogP contribution in [0.15, 0.2) is 18.6 Å². The molecule has 0 aromatic carbocycles. The molecule has 1 aliphatic heterocycles. The molecule has 0 amide bonds. The molecule has 3 heterocycles. The molecular formula is C16H24N6. The molecule has 0 spiro atoms. The summed E-state index contributed by atoms with van der Waals surface area (Å²) in [7, 11) is 1.96. The number of nitrogens with one attached hydrogen (secondary N) is 1. The molecule has 3 rings (SSSR count). The molecule has 1 aliphatic rings. The highest BCUT2D eigenvalue weighted by molar-refractivity contribution is 5.49. The van der Waals surface area contributed by atoms with E-state index >= 15 is 0 Å². The third-order valence-corrected chi connectivity index (χ3v) is 4.12. The number of aryl methyl sites for hydroxylation is 2. The van der Waals surface area contributed by atoms with E-state index in [1.165, 1.54) is 24.8 Å². The van der Waals surface area contributed by atoms with Crippen molar-refractivity contribution in [1.29, 1.82) is 0 Å². The molecule has 1 saturated heterocycles. The van der Waals surface area contributed by atoms with Crippen molar-refractivity contribution in [1.82, 2.24) is 19.7 Å². The molecule has 0 unspecified atom stereocenters. The van der Waals surface area contributed by atoms with Gasteiger partial charge in [-0.1, -0.05) is 6.92 Å².